The molecule has 1 radical (unpaired) electrons. The molecular formula is C32H18MnN8+2. The number of H-pyrrole nitrogens is 2. The van der Waals surface area contributed by atoms with Gasteiger partial charge in [-0.1, -0.05) is 97.1 Å². The molecule has 8 nitrogen and oxygen atoms in total. The third kappa shape index (κ3) is 3.53. The zero-order valence-electron chi connectivity index (χ0n) is 21.3. The van der Waals surface area contributed by atoms with Crippen LogP contribution >= 0.6 is 0 Å². The van der Waals surface area contributed by atoms with Gasteiger partial charge in [0.15, 0.2) is 23.3 Å². The van der Waals surface area contributed by atoms with Gasteiger partial charge in [-0.05, 0) is 0 Å². The normalized spacial score (nSPS) is 11.7. The number of hydrogen-bond donors (Lipinski definition) is 2. The number of rotatable bonds is 0. The van der Waals surface area contributed by atoms with Crippen LogP contribution < -0.4 is 0 Å². The van der Waals surface area contributed by atoms with Crippen LogP contribution in [0.4, 0.5) is 0 Å². The minimum absolute atomic E-state index is 0. The molecule has 191 valence electrons. The Morgan fingerprint density at radius 2 is 0.561 bits per heavy atom. The molecule has 0 unspecified atom stereocenters. The van der Waals surface area contributed by atoms with Crippen LogP contribution in [0.3, 0.4) is 0 Å². The van der Waals surface area contributed by atoms with Crippen LogP contribution in [0.1, 0.15) is 0 Å². The summed E-state index contributed by atoms with van der Waals surface area (Å²) in [6.45, 7) is 0. The van der Waals surface area contributed by atoms with E-state index in [-0.39, 0.29) is 17.1 Å². The fourth-order valence-electron chi connectivity index (χ4n) is 5.59. The maximum atomic E-state index is 5.02. The van der Waals surface area contributed by atoms with E-state index in [9.17, 15) is 0 Å². The summed E-state index contributed by atoms with van der Waals surface area (Å²) in [7, 11) is 0. The fraction of sp³-hybridized carbons (Fsp3) is 0. The Balaban J connectivity index is 0.00000256. The second-order valence-corrected chi connectivity index (χ2v) is 9.79. The van der Waals surface area contributed by atoms with E-state index in [1.165, 1.54) is 0 Å². The van der Waals surface area contributed by atoms with Crippen molar-refractivity contribution < 1.29 is 17.1 Å². The van der Waals surface area contributed by atoms with Crippen molar-refractivity contribution in [3.63, 3.8) is 0 Å². The smallest absolute Gasteiger partial charge is 0.324 e. The Morgan fingerprint density at radius 1 is 0.317 bits per heavy atom. The summed E-state index contributed by atoms with van der Waals surface area (Å²) in [5.41, 5.74) is 6.45. The fourth-order valence-corrected chi connectivity index (χ4v) is 5.59. The van der Waals surface area contributed by atoms with Crippen LogP contribution in [0.15, 0.2) is 97.1 Å². The van der Waals surface area contributed by atoms with Crippen LogP contribution in [0, 0.1) is 0 Å². The maximum Gasteiger partial charge on any atom is 2.00 e. The molecule has 0 saturated heterocycles. The number of aromatic amines is 2. The zero-order valence-corrected chi connectivity index (χ0v) is 22.5. The van der Waals surface area contributed by atoms with Gasteiger partial charge < -0.3 is 9.97 Å². The van der Waals surface area contributed by atoms with Gasteiger partial charge in [0, 0.05) is 43.8 Å². The van der Waals surface area contributed by atoms with Crippen molar-refractivity contribution in [2.45, 2.75) is 0 Å². The standard InChI is InChI=1S/C32H18N8.Mn/c1-2-10-18-17(9-1)25-33-26(18)38-28-21-13-5-6-14-22(21)30(35-28)40-32-24-16-8-7-15-23(24)31(36-32)39-29-20-12-4-3-11-19(20)27(34-29)37-25;/h1-16H,(H2,33,34,35,36,37,38,39,40);/q;+2. The van der Waals surface area contributed by atoms with Crippen LogP contribution in [-0.2, 0) is 17.1 Å². The molecule has 0 fully saturated rings. The summed E-state index contributed by atoms with van der Waals surface area (Å²) in [5, 5.41) is 3.82. The Morgan fingerprint density at radius 3 is 0.829 bits per heavy atom. The summed E-state index contributed by atoms with van der Waals surface area (Å²) in [6.07, 6.45) is 0. The predicted octanol–water partition coefficient (Wildman–Crippen LogP) is 6.87. The molecule has 2 N–H and O–H groups in total. The first kappa shape index (κ1) is 23.6. The molecule has 9 heteroatoms. The molecule has 4 aromatic carbocycles. The summed E-state index contributed by atoms with van der Waals surface area (Å²) in [6, 6.07) is 32.2. The minimum Gasteiger partial charge on any atom is -0.324 e. The molecule has 41 heavy (non-hydrogen) atoms. The number of nitrogens with one attached hydrogen (secondary N) is 2. The third-order valence-electron chi connectivity index (χ3n) is 7.46. The summed E-state index contributed by atoms with van der Waals surface area (Å²) in [5.74, 6) is 2.39. The average Bonchev–Trinajstić information content (AvgIpc) is 3.73. The van der Waals surface area contributed by atoms with Crippen molar-refractivity contribution in [1.29, 1.82) is 0 Å². The van der Waals surface area contributed by atoms with E-state index in [0.29, 0.717) is 45.9 Å². The van der Waals surface area contributed by atoms with E-state index >= 15 is 0 Å². The van der Waals surface area contributed by atoms with Gasteiger partial charge >= 0.3 is 17.1 Å². The number of fused-ring (bicyclic) bond motifs is 20. The second-order valence-electron chi connectivity index (χ2n) is 9.79. The van der Waals surface area contributed by atoms with E-state index in [0.717, 1.165) is 43.8 Å². The van der Waals surface area contributed by atoms with Gasteiger partial charge in [0.2, 0.25) is 0 Å². The van der Waals surface area contributed by atoms with E-state index in [4.69, 9.17) is 29.9 Å². The predicted molar refractivity (Wildman–Crippen MR) is 156 cm³/mol. The van der Waals surface area contributed by atoms with Crippen molar-refractivity contribution in [2.75, 3.05) is 0 Å². The largest absolute Gasteiger partial charge is 2.00 e. The van der Waals surface area contributed by atoms with Crippen LogP contribution in [0.2, 0.25) is 0 Å². The van der Waals surface area contributed by atoms with Gasteiger partial charge in [-0.15, -0.1) is 0 Å². The summed E-state index contributed by atoms with van der Waals surface area (Å²) >= 11 is 0. The van der Waals surface area contributed by atoms with Gasteiger partial charge in [0.05, 0.1) is 0 Å². The van der Waals surface area contributed by atoms with Crippen molar-refractivity contribution in [2.24, 2.45) is 0 Å². The quantitative estimate of drug-likeness (QED) is 0.193. The summed E-state index contributed by atoms with van der Waals surface area (Å²) < 4.78 is 0. The van der Waals surface area contributed by atoms with Gasteiger partial charge in [0.25, 0.3) is 0 Å². The molecule has 2 aliphatic heterocycles. The van der Waals surface area contributed by atoms with Gasteiger partial charge in [-0.3, -0.25) is 0 Å². The zero-order chi connectivity index (χ0) is 26.2. The number of nitrogens with zero attached hydrogens (tertiary/aromatic N) is 6. The first-order valence-electron chi connectivity index (χ1n) is 13.0. The molecule has 0 amide bonds. The maximum absolute atomic E-state index is 5.02. The first-order chi connectivity index (χ1) is 19.8. The second kappa shape index (κ2) is 8.89. The third-order valence-corrected chi connectivity index (χ3v) is 7.46. The van der Waals surface area contributed by atoms with Gasteiger partial charge in [-0.25, -0.2) is 29.9 Å². The topological polar surface area (TPSA) is 109 Å². The first-order valence-corrected chi connectivity index (χ1v) is 13.0. The monoisotopic (exact) mass is 569 g/mol. The molecule has 0 spiro atoms. The molecular weight excluding hydrogens is 551 g/mol. The molecule has 0 atom stereocenters. The number of hydrogen-bond acceptors (Lipinski definition) is 6. The average molecular weight is 569 g/mol. The Hall–Kier alpha value is -5.24. The molecule has 0 aliphatic carbocycles. The van der Waals surface area contributed by atoms with Crippen molar-refractivity contribution in [3.8, 4) is 45.6 Å². The van der Waals surface area contributed by atoms with E-state index in [1.807, 2.05) is 97.1 Å². The van der Waals surface area contributed by atoms with Crippen molar-refractivity contribution >= 4 is 44.1 Å². The van der Waals surface area contributed by atoms with Crippen molar-refractivity contribution in [1.82, 2.24) is 39.9 Å². The molecule has 0 saturated carbocycles. The van der Waals surface area contributed by atoms with Crippen LogP contribution in [0.5, 0.6) is 0 Å². The molecule has 2 aliphatic rings. The molecule has 7 aromatic rings. The molecule has 9 rings (SSSR count). The molecule has 3 aromatic heterocycles. The SMILES string of the molecule is [Mn+2].c1ccc2c(c1)-c1nc-2nc2[nH]c(nc3nc(nc4[nH]c(n1)c1ccccc41)-c1ccccc1-3)c1ccccc21. The number of aromatic nitrogens is 8. The molecule has 8 bridgehead atoms. The van der Waals surface area contributed by atoms with E-state index in [2.05, 4.69) is 9.97 Å². The van der Waals surface area contributed by atoms with Crippen molar-refractivity contribution in [3.05, 3.63) is 97.1 Å². The minimum atomic E-state index is 0. The van der Waals surface area contributed by atoms with Crippen LogP contribution in [-0.4, -0.2) is 39.9 Å². The van der Waals surface area contributed by atoms with Gasteiger partial charge in [0.1, 0.15) is 22.6 Å². The van der Waals surface area contributed by atoms with Crippen LogP contribution in [0.25, 0.3) is 89.7 Å². The van der Waals surface area contributed by atoms with E-state index in [1.54, 1.807) is 0 Å². The summed E-state index contributed by atoms with van der Waals surface area (Å²) in [4.78, 5) is 36.8. The number of benzene rings is 4. The Kier molecular flexibility index (Phi) is 5.12. The molecule has 5 heterocycles. The van der Waals surface area contributed by atoms with Gasteiger partial charge in [-0.2, -0.15) is 0 Å². The van der Waals surface area contributed by atoms with E-state index < -0.39 is 0 Å². The Labute approximate surface area is 243 Å². The Bertz CT molecular complexity index is 2030.